The van der Waals surface area contributed by atoms with Crippen LogP contribution in [0.2, 0.25) is 0 Å². The summed E-state index contributed by atoms with van der Waals surface area (Å²) in [6.45, 7) is 0. The Morgan fingerprint density at radius 1 is 1.10 bits per heavy atom. The van der Waals surface area contributed by atoms with Crippen molar-refractivity contribution in [3.63, 3.8) is 0 Å². The average Bonchev–Trinajstić information content (AvgIpc) is 2.36. The zero-order valence-electron chi connectivity index (χ0n) is 5.36. The molecule has 0 fully saturated rings. The second kappa shape index (κ2) is 0.572. The van der Waals surface area contributed by atoms with E-state index in [1.165, 1.54) is 6.42 Å². The Morgan fingerprint density at radius 3 is 2.50 bits per heavy atom. The number of hydrogen-bond acceptors (Lipinski definition) is 0. The monoisotopic (exact) mass is 124 g/mol. The van der Waals surface area contributed by atoms with Gasteiger partial charge in [-0.05, 0) is 52.0 Å². The van der Waals surface area contributed by atoms with Crippen molar-refractivity contribution in [1.82, 2.24) is 0 Å². The van der Waals surface area contributed by atoms with Gasteiger partial charge in [0.2, 0.25) is 0 Å². The molecule has 0 aromatic rings. The maximum atomic E-state index is 2.41. The Morgan fingerprint density at radius 2 is 2.00 bits per heavy atom. The van der Waals surface area contributed by atoms with E-state index in [1.54, 1.807) is 33.4 Å². The molecule has 0 aromatic carbocycles. The fourth-order valence-electron chi connectivity index (χ4n) is 3.33. The van der Waals surface area contributed by atoms with Crippen molar-refractivity contribution in [3.8, 4) is 0 Å². The number of fused-ring (bicyclic) bond motifs is 1. The summed E-state index contributed by atoms with van der Waals surface area (Å²) < 4.78 is 0. The van der Waals surface area contributed by atoms with Crippen LogP contribution in [-0.4, -0.2) is 0 Å². The number of hydrogen-bond donors (Lipinski definition) is 0. The maximum absolute atomic E-state index is 2.41. The highest BCUT2D eigenvalue weighted by molar-refractivity contribution is 5.99. The van der Waals surface area contributed by atoms with Gasteiger partial charge in [-0.1, -0.05) is 0 Å². The molecule has 0 N–H and O–H groups in total. The van der Waals surface area contributed by atoms with Gasteiger partial charge in [-0.3, -0.25) is 0 Å². The molecular formula is C10H4. The van der Waals surface area contributed by atoms with Crippen LogP contribution in [0.1, 0.15) is 6.42 Å². The quantitative estimate of drug-likeness (QED) is 0.462. The van der Waals surface area contributed by atoms with Gasteiger partial charge in [-0.25, -0.2) is 0 Å². The van der Waals surface area contributed by atoms with Crippen LogP contribution in [-0.2, 0) is 0 Å². The van der Waals surface area contributed by atoms with Crippen LogP contribution >= 0.6 is 0 Å². The van der Waals surface area contributed by atoms with Crippen LogP contribution in [0.15, 0.2) is 45.6 Å². The molecule has 10 heavy (non-hydrogen) atoms. The van der Waals surface area contributed by atoms with Crippen LogP contribution in [0.4, 0.5) is 0 Å². The first-order valence-electron chi connectivity index (χ1n) is 3.86. The van der Waals surface area contributed by atoms with E-state index in [0.29, 0.717) is 5.41 Å². The van der Waals surface area contributed by atoms with E-state index in [0.717, 1.165) is 0 Å². The van der Waals surface area contributed by atoms with E-state index in [2.05, 4.69) is 12.2 Å². The Balaban J connectivity index is 2.31. The summed E-state index contributed by atoms with van der Waals surface area (Å²) >= 11 is 0. The molecule has 0 heterocycles. The van der Waals surface area contributed by atoms with Gasteiger partial charge >= 0.3 is 0 Å². The zero-order chi connectivity index (χ0) is 6.09. The molecule has 0 heteroatoms. The molecule has 5 aliphatic rings. The van der Waals surface area contributed by atoms with Crippen molar-refractivity contribution >= 4 is 0 Å². The van der Waals surface area contributed by atoms with Gasteiger partial charge in [0.25, 0.3) is 0 Å². The molecule has 0 amide bonds. The van der Waals surface area contributed by atoms with Gasteiger partial charge in [-0.15, -0.1) is 0 Å². The Hall–Kier alpha value is -1.04. The minimum Gasteiger partial charge on any atom is -0.0493 e. The molecule has 2 bridgehead atoms. The van der Waals surface area contributed by atoms with E-state index < -0.39 is 0 Å². The fraction of sp³-hybridized carbons (Fsp3) is 0.200. The fourth-order valence-corrected chi connectivity index (χ4v) is 3.33. The summed E-state index contributed by atoms with van der Waals surface area (Å²) in [6, 6.07) is 0. The molecule has 0 saturated heterocycles. The van der Waals surface area contributed by atoms with Crippen molar-refractivity contribution < 1.29 is 0 Å². The first-order chi connectivity index (χ1) is 4.93. The van der Waals surface area contributed by atoms with Crippen LogP contribution < -0.4 is 0 Å². The molecule has 0 saturated carbocycles. The normalized spacial score (nSPS) is 46.4. The topological polar surface area (TPSA) is 0 Å². The molecule has 1 spiro atoms. The highest BCUT2D eigenvalue weighted by Gasteiger charge is 2.72. The van der Waals surface area contributed by atoms with Gasteiger partial charge in [-0.2, -0.15) is 0 Å². The second-order valence-electron chi connectivity index (χ2n) is 3.88. The van der Waals surface area contributed by atoms with Gasteiger partial charge in [0.15, 0.2) is 0 Å². The summed E-state index contributed by atoms with van der Waals surface area (Å²) in [4.78, 5) is 0. The lowest BCUT2D eigenvalue weighted by Gasteiger charge is -2.38. The van der Waals surface area contributed by atoms with E-state index in [9.17, 15) is 0 Å². The number of allylic oxidation sites excluding steroid dienone is 8. The van der Waals surface area contributed by atoms with Crippen LogP contribution in [0.3, 0.4) is 0 Å². The SMILES string of the molecule is C1=C2C3=CC4=C2CC42C1=C32. The van der Waals surface area contributed by atoms with Crippen LogP contribution in [0, 0.1) is 5.41 Å². The summed E-state index contributed by atoms with van der Waals surface area (Å²) in [5, 5.41) is 0. The average molecular weight is 124 g/mol. The minimum absolute atomic E-state index is 0.590. The third-order valence-electron chi connectivity index (χ3n) is 3.78. The predicted molar refractivity (Wildman–Crippen MR) is 37.3 cm³/mol. The van der Waals surface area contributed by atoms with Crippen molar-refractivity contribution in [2.45, 2.75) is 6.42 Å². The molecule has 5 rings (SSSR count). The number of rotatable bonds is 0. The molecule has 0 aliphatic heterocycles. The smallest absolute Gasteiger partial charge is 0.0493 e. The molecule has 0 nitrogen and oxygen atoms in total. The lowest BCUT2D eigenvalue weighted by Crippen LogP contribution is -2.27. The largest absolute Gasteiger partial charge is 0.0507 e. The molecule has 5 aliphatic carbocycles. The lowest BCUT2D eigenvalue weighted by molar-refractivity contribution is 0.560. The predicted octanol–water partition coefficient (Wildman–Crippen LogP) is 1.88. The first kappa shape index (κ1) is 3.38. The van der Waals surface area contributed by atoms with E-state index >= 15 is 0 Å². The zero-order valence-corrected chi connectivity index (χ0v) is 5.36. The summed E-state index contributed by atoms with van der Waals surface area (Å²) in [6.07, 6.45) is 6.20. The van der Waals surface area contributed by atoms with Gasteiger partial charge in [0, 0.05) is 0 Å². The van der Waals surface area contributed by atoms with E-state index in [4.69, 9.17) is 0 Å². The maximum Gasteiger partial charge on any atom is 0.0507 e. The standard InChI is InChI=1S/C10H4/c1-4-5-2-7-6(4)3-10(7)8(1)9(5)10/h1-2H,3H2. The molecule has 44 valence electrons. The molecular weight excluding hydrogens is 120 g/mol. The lowest BCUT2D eigenvalue weighted by atomic mass is 9.63. The van der Waals surface area contributed by atoms with Gasteiger partial charge < -0.3 is 0 Å². The van der Waals surface area contributed by atoms with Crippen molar-refractivity contribution in [2.75, 3.05) is 0 Å². The third-order valence-corrected chi connectivity index (χ3v) is 3.78. The van der Waals surface area contributed by atoms with Gasteiger partial charge in [0.1, 0.15) is 0 Å². The van der Waals surface area contributed by atoms with Crippen LogP contribution in [0.25, 0.3) is 0 Å². The highest BCUT2D eigenvalue weighted by atomic mass is 14.7. The van der Waals surface area contributed by atoms with E-state index in [-0.39, 0.29) is 0 Å². The second-order valence-corrected chi connectivity index (χ2v) is 3.88. The summed E-state index contributed by atoms with van der Waals surface area (Å²) in [5.41, 5.74) is 10.5. The Labute approximate surface area is 58.2 Å². The van der Waals surface area contributed by atoms with E-state index in [1.807, 2.05) is 0 Å². The van der Waals surface area contributed by atoms with Crippen molar-refractivity contribution in [1.29, 1.82) is 0 Å². The highest BCUT2D eigenvalue weighted by Crippen LogP contribution is 2.85. The molecule has 1 unspecified atom stereocenters. The van der Waals surface area contributed by atoms with Crippen molar-refractivity contribution in [3.05, 3.63) is 45.6 Å². The van der Waals surface area contributed by atoms with Crippen LogP contribution in [0.5, 0.6) is 0 Å². The summed E-state index contributed by atoms with van der Waals surface area (Å²) in [7, 11) is 0. The summed E-state index contributed by atoms with van der Waals surface area (Å²) in [5.74, 6) is 0. The Kier molecular flexibility index (Phi) is 0.193. The Bertz CT molecular complexity index is 458. The molecule has 0 radical (unpaired) electrons. The molecule has 0 aromatic heterocycles. The van der Waals surface area contributed by atoms with Gasteiger partial charge in [0.05, 0.1) is 5.41 Å². The van der Waals surface area contributed by atoms with Crippen molar-refractivity contribution in [2.24, 2.45) is 5.41 Å². The third kappa shape index (κ3) is 0.107. The first-order valence-corrected chi connectivity index (χ1v) is 3.86. The molecule has 1 atom stereocenters. The minimum atomic E-state index is 0.590.